The first-order valence-corrected chi connectivity index (χ1v) is 9.62. The van der Waals surface area contributed by atoms with Crippen molar-refractivity contribution in [1.82, 2.24) is 24.6 Å². The first-order valence-electron chi connectivity index (χ1n) is 9.62. The quantitative estimate of drug-likeness (QED) is 0.548. The molecule has 0 bridgehead atoms. The summed E-state index contributed by atoms with van der Waals surface area (Å²) in [6.45, 7) is 3.87. The van der Waals surface area contributed by atoms with E-state index in [2.05, 4.69) is 69.8 Å². The maximum atomic E-state index is 5.22. The summed E-state index contributed by atoms with van der Waals surface area (Å²) in [6.07, 6.45) is 5.62. The predicted octanol–water partition coefficient (Wildman–Crippen LogP) is 3.48. The van der Waals surface area contributed by atoms with Gasteiger partial charge in [-0.15, -0.1) is 5.10 Å². The van der Waals surface area contributed by atoms with E-state index in [-0.39, 0.29) is 6.04 Å². The van der Waals surface area contributed by atoms with E-state index < -0.39 is 0 Å². The molecule has 1 atom stereocenters. The van der Waals surface area contributed by atoms with Gasteiger partial charge in [0.15, 0.2) is 0 Å². The summed E-state index contributed by atoms with van der Waals surface area (Å²) in [5.74, 6) is 0. The fraction of sp³-hybridized carbons (Fsp3) is 0.273. The molecule has 6 heteroatoms. The molecule has 4 aromatic rings. The number of fused-ring (bicyclic) bond motifs is 1. The molecule has 4 heterocycles. The van der Waals surface area contributed by atoms with Crippen LogP contribution >= 0.6 is 0 Å². The maximum absolute atomic E-state index is 5.22. The Labute approximate surface area is 164 Å². The highest BCUT2D eigenvalue weighted by molar-refractivity contribution is 5.66. The zero-order chi connectivity index (χ0) is 18.9. The molecule has 0 aliphatic carbocycles. The lowest BCUT2D eigenvalue weighted by Crippen LogP contribution is -2.46. The summed E-state index contributed by atoms with van der Waals surface area (Å²) in [5, 5.41) is 8.98. The molecule has 0 unspecified atom stereocenters. The molecule has 3 aromatic heterocycles. The van der Waals surface area contributed by atoms with Gasteiger partial charge in [0.05, 0.1) is 24.1 Å². The number of aromatic nitrogens is 3. The Hall–Kier alpha value is -2.96. The van der Waals surface area contributed by atoms with Gasteiger partial charge in [-0.25, -0.2) is 4.52 Å². The van der Waals surface area contributed by atoms with E-state index in [1.807, 2.05) is 22.9 Å². The molecule has 28 heavy (non-hydrogen) atoms. The molecule has 1 aliphatic rings. The molecule has 1 saturated heterocycles. The average Bonchev–Trinajstić information content (AvgIpc) is 3.39. The molecule has 1 fully saturated rings. The number of benzene rings is 1. The number of rotatable bonds is 4. The summed E-state index contributed by atoms with van der Waals surface area (Å²) >= 11 is 0. The first-order chi connectivity index (χ1) is 13.8. The first kappa shape index (κ1) is 17.2. The Morgan fingerprint density at radius 2 is 1.93 bits per heavy atom. The molecule has 5 rings (SSSR count). The number of pyridine rings is 1. The van der Waals surface area contributed by atoms with Crippen molar-refractivity contribution in [3.8, 4) is 11.1 Å². The van der Waals surface area contributed by atoms with Crippen LogP contribution in [0.1, 0.15) is 17.3 Å². The second kappa shape index (κ2) is 7.22. The lowest BCUT2D eigenvalue weighted by molar-refractivity contribution is 0.0888. The summed E-state index contributed by atoms with van der Waals surface area (Å²) in [7, 11) is 2.17. The van der Waals surface area contributed by atoms with Crippen molar-refractivity contribution in [2.24, 2.45) is 0 Å². The smallest absolute Gasteiger partial charge is 0.109 e. The molecule has 0 N–H and O–H groups in total. The van der Waals surface area contributed by atoms with Gasteiger partial charge in [-0.2, -0.15) is 0 Å². The van der Waals surface area contributed by atoms with E-state index in [0.717, 1.165) is 43.0 Å². The molecule has 0 spiro atoms. The third-order valence-corrected chi connectivity index (χ3v) is 5.58. The minimum atomic E-state index is 0.223. The van der Waals surface area contributed by atoms with Crippen molar-refractivity contribution in [2.45, 2.75) is 12.6 Å². The highest BCUT2D eigenvalue weighted by Gasteiger charge is 2.29. The van der Waals surface area contributed by atoms with Crippen LogP contribution in [-0.2, 0) is 6.54 Å². The summed E-state index contributed by atoms with van der Waals surface area (Å²) in [5.41, 5.74) is 5.65. The standard InChI is InChI=1S/C22H23N5O/c1-25-10-11-26(13-17-9-12-28-16-17)15-21(25)22-20-8-7-19(14-27(20)24-23-22)18-5-3-2-4-6-18/h2-9,12,14,16,21H,10-11,13,15H2,1H3/t21-/m0/s1. The topological polar surface area (TPSA) is 49.8 Å². The van der Waals surface area contributed by atoms with Gasteiger partial charge in [0.2, 0.25) is 0 Å². The van der Waals surface area contributed by atoms with E-state index in [4.69, 9.17) is 4.42 Å². The Bertz CT molecular complexity index is 1060. The number of hydrogen-bond donors (Lipinski definition) is 0. The molecule has 0 radical (unpaired) electrons. The van der Waals surface area contributed by atoms with Gasteiger partial charge in [-0.3, -0.25) is 9.80 Å². The van der Waals surface area contributed by atoms with E-state index in [1.165, 1.54) is 11.1 Å². The molecular weight excluding hydrogens is 350 g/mol. The van der Waals surface area contributed by atoms with E-state index >= 15 is 0 Å². The summed E-state index contributed by atoms with van der Waals surface area (Å²) < 4.78 is 7.12. The monoisotopic (exact) mass is 373 g/mol. The minimum Gasteiger partial charge on any atom is -0.472 e. The van der Waals surface area contributed by atoms with Crippen molar-refractivity contribution in [2.75, 3.05) is 26.7 Å². The van der Waals surface area contributed by atoms with Gasteiger partial charge in [0.25, 0.3) is 0 Å². The lowest BCUT2D eigenvalue weighted by atomic mass is 10.1. The van der Waals surface area contributed by atoms with E-state index in [0.29, 0.717) is 0 Å². The van der Waals surface area contributed by atoms with Crippen molar-refractivity contribution in [3.05, 3.63) is 78.5 Å². The molecular formula is C22H23N5O. The van der Waals surface area contributed by atoms with Crippen molar-refractivity contribution in [3.63, 3.8) is 0 Å². The fourth-order valence-corrected chi connectivity index (χ4v) is 3.96. The Kier molecular flexibility index (Phi) is 4.43. The van der Waals surface area contributed by atoms with Gasteiger partial charge >= 0.3 is 0 Å². The minimum absolute atomic E-state index is 0.223. The van der Waals surface area contributed by atoms with Crippen LogP contribution in [0.25, 0.3) is 16.6 Å². The molecule has 1 aromatic carbocycles. The second-order valence-corrected chi connectivity index (χ2v) is 7.45. The summed E-state index contributed by atoms with van der Waals surface area (Å²) in [6, 6.07) is 16.9. The van der Waals surface area contributed by atoms with Crippen LogP contribution in [0, 0.1) is 0 Å². The predicted molar refractivity (Wildman–Crippen MR) is 108 cm³/mol. The summed E-state index contributed by atoms with van der Waals surface area (Å²) in [4.78, 5) is 4.83. The lowest BCUT2D eigenvalue weighted by Gasteiger charge is -2.38. The SMILES string of the molecule is CN1CCN(Cc2ccoc2)C[C@H]1c1nnn2cc(-c3ccccc3)ccc12. The second-order valence-electron chi connectivity index (χ2n) is 7.45. The highest BCUT2D eigenvalue weighted by Crippen LogP contribution is 2.28. The molecule has 0 saturated carbocycles. The average molecular weight is 373 g/mol. The molecule has 0 amide bonds. The zero-order valence-corrected chi connectivity index (χ0v) is 15.9. The Morgan fingerprint density at radius 3 is 2.75 bits per heavy atom. The van der Waals surface area contributed by atoms with Gasteiger partial charge < -0.3 is 4.42 Å². The number of furan rings is 1. The van der Waals surface area contributed by atoms with Gasteiger partial charge in [0, 0.05) is 43.5 Å². The third-order valence-electron chi connectivity index (χ3n) is 5.58. The van der Waals surface area contributed by atoms with E-state index in [9.17, 15) is 0 Å². The van der Waals surface area contributed by atoms with Crippen molar-refractivity contribution >= 4 is 5.52 Å². The largest absolute Gasteiger partial charge is 0.472 e. The molecule has 142 valence electrons. The van der Waals surface area contributed by atoms with Crippen LogP contribution in [0.15, 0.2) is 71.7 Å². The maximum Gasteiger partial charge on any atom is 0.109 e. The van der Waals surface area contributed by atoms with Crippen LogP contribution in [0.5, 0.6) is 0 Å². The molecule has 6 nitrogen and oxygen atoms in total. The highest BCUT2D eigenvalue weighted by atomic mass is 16.3. The van der Waals surface area contributed by atoms with Gasteiger partial charge in [-0.1, -0.05) is 41.6 Å². The third kappa shape index (κ3) is 3.21. The van der Waals surface area contributed by atoms with Crippen LogP contribution in [0.2, 0.25) is 0 Å². The Balaban J connectivity index is 1.43. The van der Waals surface area contributed by atoms with Gasteiger partial charge in [0.1, 0.15) is 5.69 Å². The number of likely N-dealkylation sites (N-methyl/N-ethyl adjacent to an activating group) is 1. The normalized spacial score (nSPS) is 18.7. The molecule has 1 aliphatic heterocycles. The zero-order valence-electron chi connectivity index (χ0n) is 15.9. The van der Waals surface area contributed by atoms with Crippen molar-refractivity contribution < 1.29 is 4.42 Å². The number of nitrogens with zero attached hydrogens (tertiary/aromatic N) is 5. The van der Waals surface area contributed by atoms with E-state index in [1.54, 1.807) is 6.26 Å². The van der Waals surface area contributed by atoms with Crippen LogP contribution < -0.4 is 0 Å². The number of hydrogen-bond acceptors (Lipinski definition) is 5. The van der Waals surface area contributed by atoms with Gasteiger partial charge in [-0.05, 0) is 24.7 Å². The fourth-order valence-electron chi connectivity index (χ4n) is 3.96. The van der Waals surface area contributed by atoms with Crippen LogP contribution in [0.4, 0.5) is 0 Å². The van der Waals surface area contributed by atoms with Crippen LogP contribution in [0.3, 0.4) is 0 Å². The van der Waals surface area contributed by atoms with Crippen LogP contribution in [-0.4, -0.2) is 51.3 Å². The number of piperazine rings is 1. The van der Waals surface area contributed by atoms with Crippen molar-refractivity contribution in [1.29, 1.82) is 0 Å². The Morgan fingerprint density at radius 1 is 1.04 bits per heavy atom.